The van der Waals surface area contributed by atoms with E-state index in [2.05, 4.69) is 15.6 Å². The summed E-state index contributed by atoms with van der Waals surface area (Å²) >= 11 is 0. The first-order valence-corrected chi connectivity index (χ1v) is 6.50. The van der Waals surface area contributed by atoms with Crippen molar-refractivity contribution in [3.8, 4) is 11.5 Å². The summed E-state index contributed by atoms with van der Waals surface area (Å²) in [5.41, 5.74) is 3.76. The van der Waals surface area contributed by atoms with E-state index in [0.717, 1.165) is 5.56 Å². The fraction of sp³-hybridized carbons (Fsp3) is 0.0667. The van der Waals surface area contributed by atoms with Crippen LogP contribution in [0.3, 0.4) is 0 Å². The molecule has 1 N–H and O–H groups in total. The minimum atomic E-state index is -0.386. The summed E-state index contributed by atoms with van der Waals surface area (Å²) < 4.78 is 19.6. The molecule has 22 heavy (non-hydrogen) atoms. The number of amides is 1. The summed E-state index contributed by atoms with van der Waals surface area (Å²) in [6.07, 6.45) is 3.30. The van der Waals surface area contributed by atoms with Crippen molar-refractivity contribution in [3.63, 3.8) is 0 Å². The maximum atomic E-state index is 12.8. The Kier molecular flexibility index (Phi) is 3.61. The Morgan fingerprint density at radius 2 is 1.82 bits per heavy atom. The number of aromatic nitrogens is 3. The molecule has 7 heteroatoms. The highest BCUT2D eigenvalue weighted by Gasteiger charge is 2.12. The average Bonchev–Trinajstić information content (AvgIpc) is 2.95. The van der Waals surface area contributed by atoms with Gasteiger partial charge in [0, 0.05) is 24.6 Å². The van der Waals surface area contributed by atoms with E-state index < -0.39 is 0 Å². The van der Waals surface area contributed by atoms with Gasteiger partial charge in [-0.1, -0.05) is 4.68 Å². The second-order valence-electron chi connectivity index (χ2n) is 4.57. The van der Waals surface area contributed by atoms with Crippen LogP contribution in [0.4, 0.5) is 4.39 Å². The molecule has 0 saturated carbocycles. The van der Waals surface area contributed by atoms with Crippen molar-refractivity contribution in [2.45, 2.75) is 6.92 Å². The highest BCUT2D eigenvalue weighted by Crippen LogP contribution is 2.15. The van der Waals surface area contributed by atoms with Crippen molar-refractivity contribution >= 4 is 5.91 Å². The van der Waals surface area contributed by atoms with Gasteiger partial charge in [0.05, 0.1) is 5.56 Å². The second kappa shape index (κ2) is 5.72. The molecular weight excluding hydrogens is 287 g/mol. The van der Waals surface area contributed by atoms with Crippen molar-refractivity contribution in [1.82, 2.24) is 10.2 Å². The van der Waals surface area contributed by atoms with E-state index in [1.54, 1.807) is 31.5 Å². The van der Waals surface area contributed by atoms with Crippen LogP contribution in [0.2, 0.25) is 0 Å². The number of carbonyl (C=O) groups excluding carboxylic acids is 1. The lowest BCUT2D eigenvalue weighted by Gasteiger charge is -2.00. The highest BCUT2D eigenvalue weighted by atomic mass is 19.1. The Balaban J connectivity index is 1.73. The molecule has 0 fully saturated rings. The molecule has 3 aromatic rings. The van der Waals surface area contributed by atoms with E-state index in [0.29, 0.717) is 17.3 Å². The fourth-order valence-electron chi connectivity index (χ4n) is 1.84. The van der Waals surface area contributed by atoms with Gasteiger partial charge < -0.3 is 4.42 Å². The first-order chi connectivity index (χ1) is 10.6. The number of pyridine rings is 1. The Bertz CT molecular complexity index is 797. The lowest BCUT2D eigenvalue weighted by molar-refractivity contribution is -0.641. The molecular formula is C15H12FN4O2+. The second-order valence-corrected chi connectivity index (χ2v) is 4.57. The van der Waals surface area contributed by atoms with Gasteiger partial charge in [0.25, 0.3) is 0 Å². The van der Waals surface area contributed by atoms with E-state index in [9.17, 15) is 9.18 Å². The molecule has 0 aliphatic carbocycles. The highest BCUT2D eigenvalue weighted by molar-refractivity contribution is 5.98. The molecule has 0 aliphatic heterocycles. The van der Waals surface area contributed by atoms with Crippen LogP contribution in [0.15, 0.2) is 53.2 Å². The lowest BCUT2D eigenvalue weighted by Crippen LogP contribution is -2.47. The van der Waals surface area contributed by atoms with Crippen molar-refractivity contribution in [2.24, 2.45) is 0 Å². The number of carbonyl (C=O) groups is 1. The van der Waals surface area contributed by atoms with Crippen molar-refractivity contribution < 1.29 is 18.3 Å². The van der Waals surface area contributed by atoms with Crippen LogP contribution >= 0.6 is 0 Å². The Hall–Kier alpha value is -3.09. The van der Waals surface area contributed by atoms with Crippen LogP contribution in [0.25, 0.3) is 11.5 Å². The maximum Gasteiger partial charge on any atom is 0.305 e. The Labute approximate surface area is 125 Å². The van der Waals surface area contributed by atoms with Crippen LogP contribution < -0.4 is 10.1 Å². The van der Waals surface area contributed by atoms with Crippen LogP contribution in [-0.4, -0.2) is 16.1 Å². The number of nitrogens with zero attached hydrogens (tertiary/aromatic N) is 3. The quantitative estimate of drug-likeness (QED) is 0.749. The third kappa shape index (κ3) is 2.98. The zero-order valence-corrected chi connectivity index (χ0v) is 11.7. The van der Waals surface area contributed by atoms with Gasteiger partial charge in [0.15, 0.2) is 0 Å². The van der Waals surface area contributed by atoms with Gasteiger partial charge in [-0.2, -0.15) is 0 Å². The summed E-state index contributed by atoms with van der Waals surface area (Å²) in [5, 5.41) is 7.67. The number of hydrogen-bond acceptors (Lipinski definition) is 4. The zero-order valence-electron chi connectivity index (χ0n) is 11.7. The van der Waals surface area contributed by atoms with Crippen molar-refractivity contribution in [3.05, 3.63) is 66.1 Å². The molecule has 1 amide bonds. The summed E-state index contributed by atoms with van der Waals surface area (Å²) in [6, 6.07) is 8.78. The van der Waals surface area contributed by atoms with Gasteiger partial charge in [-0.3, -0.25) is 4.79 Å². The van der Waals surface area contributed by atoms with Gasteiger partial charge in [-0.15, -0.1) is 15.6 Å². The number of aryl methyl sites for hydroxylation is 1. The third-order valence-electron chi connectivity index (χ3n) is 2.94. The molecule has 2 heterocycles. The first kappa shape index (κ1) is 13.9. The van der Waals surface area contributed by atoms with Crippen LogP contribution in [0.5, 0.6) is 0 Å². The van der Waals surface area contributed by atoms with E-state index in [4.69, 9.17) is 4.42 Å². The van der Waals surface area contributed by atoms with Crippen LogP contribution in [0.1, 0.15) is 16.2 Å². The summed E-state index contributed by atoms with van der Waals surface area (Å²) in [6.45, 7) is 1.71. The van der Waals surface area contributed by atoms with Crippen molar-refractivity contribution in [1.29, 1.82) is 0 Å². The molecule has 110 valence electrons. The van der Waals surface area contributed by atoms with E-state index in [1.165, 1.54) is 28.9 Å². The van der Waals surface area contributed by atoms with E-state index in [1.807, 2.05) is 0 Å². The normalized spacial score (nSPS) is 10.5. The smallest absolute Gasteiger partial charge is 0.305 e. The third-order valence-corrected chi connectivity index (χ3v) is 2.94. The van der Waals surface area contributed by atoms with Crippen molar-refractivity contribution in [2.75, 3.05) is 5.43 Å². The minimum Gasteiger partial charge on any atom is -0.421 e. The molecule has 2 aromatic heterocycles. The number of halogens is 1. The number of rotatable bonds is 3. The SMILES string of the molecule is Cc1nnc(-c2cc[n+](NC(=O)c3ccc(F)cc3)cc2)o1. The molecule has 6 nitrogen and oxygen atoms in total. The molecule has 0 radical (unpaired) electrons. The van der Waals surface area contributed by atoms with Gasteiger partial charge in [-0.05, 0) is 24.3 Å². The summed E-state index contributed by atoms with van der Waals surface area (Å²) in [7, 11) is 0. The predicted octanol–water partition coefficient (Wildman–Crippen LogP) is 1.86. The molecule has 0 bridgehead atoms. The molecule has 0 saturated heterocycles. The van der Waals surface area contributed by atoms with Gasteiger partial charge in [-0.25, -0.2) is 4.39 Å². The largest absolute Gasteiger partial charge is 0.421 e. The molecule has 1 aromatic carbocycles. The number of hydrogen-bond donors (Lipinski definition) is 1. The monoisotopic (exact) mass is 299 g/mol. The zero-order chi connectivity index (χ0) is 15.5. The first-order valence-electron chi connectivity index (χ1n) is 6.50. The number of benzene rings is 1. The summed E-state index contributed by atoms with van der Waals surface area (Å²) in [4.78, 5) is 12.0. The van der Waals surface area contributed by atoms with Gasteiger partial charge in [0.1, 0.15) is 5.82 Å². The van der Waals surface area contributed by atoms with Crippen LogP contribution in [-0.2, 0) is 0 Å². The predicted molar refractivity (Wildman–Crippen MR) is 74.8 cm³/mol. The van der Waals surface area contributed by atoms with Gasteiger partial charge in [0.2, 0.25) is 24.2 Å². The Morgan fingerprint density at radius 3 is 2.41 bits per heavy atom. The maximum absolute atomic E-state index is 12.8. The molecule has 0 spiro atoms. The van der Waals surface area contributed by atoms with Crippen LogP contribution in [0, 0.1) is 12.7 Å². The molecule has 0 aliphatic rings. The fourth-order valence-corrected chi connectivity index (χ4v) is 1.84. The number of nitrogens with one attached hydrogen (secondary N) is 1. The molecule has 3 rings (SSSR count). The lowest BCUT2D eigenvalue weighted by atomic mass is 10.2. The molecule has 0 atom stereocenters. The minimum absolute atomic E-state index is 0.341. The average molecular weight is 299 g/mol. The standard InChI is InChI=1S/C15H11FN4O2/c1-10-17-18-15(22-10)12-6-8-20(9-7-12)19-14(21)11-2-4-13(16)5-3-11/h2-9H,1H3/p+1. The van der Waals surface area contributed by atoms with E-state index >= 15 is 0 Å². The summed E-state index contributed by atoms with van der Waals surface area (Å²) in [5.74, 6) is 0.167. The Morgan fingerprint density at radius 1 is 1.14 bits per heavy atom. The van der Waals surface area contributed by atoms with Gasteiger partial charge >= 0.3 is 5.91 Å². The molecule has 0 unspecified atom stereocenters. The van der Waals surface area contributed by atoms with E-state index in [-0.39, 0.29) is 11.7 Å². The topological polar surface area (TPSA) is 71.9 Å².